The molecule has 34 heavy (non-hydrogen) atoms. The standard InChI is InChI=1S/C23H29FN6O4/c1-23(2,3)18(13-31)26-22(33)34-17-11-25-30-9-7-19(27-20(17)30)29-8-5-6-16(29)15-10-14(24)12-28(4)21(15)32/h7,9-12,16,18,31H,5-6,8,13H2,1-4H3,(H,26,33)/t16-,18-/m1/s1. The molecule has 182 valence electrons. The van der Waals surface area contributed by atoms with Crippen LogP contribution in [0.2, 0.25) is 0 Å². The normalized spacial score (nSPS) is 17.2. The van der Waals surface area contributed by atoms with Gasteiger partial charge in [-0.1, -0.05) is 20.8 Å². The summed E-state index contributed by atoms with van der Waals surface area (Å²) in [6, 6.07) is 2.23. The van der Waals surface area contributed by atoms with Crippen LogP contribution >= 0.6 is 0 Å². The van der Waals surface area contributed by atoms with Crippen LogP contribution in [0.15, 0.2) is 35.5 Å². The van der Waals surface area contributed by atoms with Gasteiger partial charge in [-0.05, 0) is 30.4 Å². The average molecular weight is 473 g/mol. The SMILES string of the molecule is Cn1cc(F)cc([C@H]2CCCN2c2ccn3ncc(OC(=O)N[C@H](CO)C(C)(C)C)c3n2)c1=O. The van der Waals surface area contributed by atoms with Gasteiger partial charge in [0.05, 0.1) is 24.9 Å². The Labute approximate surface area is 196 Å². The molecule has 1 fully saturated rings. The van der Waals surface area contributed by atoms with Crippen LogP contribution < -0.4 is 20.5 Å². The van der Waals surface area contributed by atoms with Crippen molar-refractivity contribution < 1.29 is 19.0 Å². The quantitative estimate of drug-likeness (QED) is 0.586. The topological polar surface area (TPSA) is 114 Å². The van der Waals surface area contributed by atoms with Crippen molar-refractivity contribution in [3.05, 3.63) is 52.5 Å². The monoisotopic (exact) mass is 472 g/mol. The summed E-state index contributed by atoms with van der Waals surface area (Å²) in [6.07, 6.45) is 5.02. The van der Waals surface area contributed by atoms with Gasteiger partial charge in [0.2, 0.25) is 5.65 Å². The second kappa shape index (κ2) is 9.05. The largest absolute Gasteiger partial charge is 0.413 e. The van der Waals surface area contributed by atoms with E-state index in [-0.39, 0.29) is 29.4 Å². The lowest BCUT2D eigenvalue weighted by Gasteiger charge is -2.29. The first kappa shape index (κ1) is 23.7. The Morgan fingerprint density at radius 3 is 2.88 bits per heavy atom. The number of hydrogen-bond donors (Lipinski definition) is 2. The van der Waals surface area contributed by atoms with Gasteiger partial charge in [-0.3, -0.25) is 4.79 Å². The summed E-state index contributed by atoms with van der Waals surface area (Å²) < 4.78 is 22.2. The van der Waals surface area contributed by atoms with E-state index in [1.54, 1.807) is 12.3 Å². The Morgan fingerprint density at radius 2 is 2.18 bits per heavy atom. The third-order valence-electron chi connectivity index (χ3n) is 6.13. The Hall–Kier alpha value is -3.47. The van der Waals surface area contributed by atoms with Gasteiger partial charge < -0.3 is 24.6 Å². The van der Waals surface area contributed by atoms with E-state index in [4.69, 9.17) is 4.74 Å². The van der Waals surface area contributed by atoms with Gasteiger partial charge in [0.1, 0.15) is 11.6 Å². The molecule has 1 aliphatic rings. The highest BCUT2D eigenvalue weighted by atomic mass is 19.1. The number of nitrogens with zero attached hydrogens (tertiary/aromatic N) is 5. The maximum Gasteiger partial charge on any atom is 0.413 e. The van der Waals surface area contributed by atoms with Crippen molar-refractivity contribution in [1.29, 1.82) is 0 Å². The number of fused-ring (bicyclic) bond motifs is 1. The molecule has 0 unspecified atom stereocenters. The summed E-state index contributed by atoms with van der Waals surface area (Å²) in [7, 11) is 1.53. The number of pyridine rings is 1. The van der Waals surface area contributed by atoms with Crippen LogP contribution in [0.25, 0.3) is 5.65 Å². The molecular formula is C23H29FN6O4. The molecule has 4 heterocycles. The summed E-state index contributed by atoms with van der Waals surface area (Å²) in [4.78, 5) is 31.7. The molecule has 1 aliphatic heterocycles. The second-order valence-corrected chi connectivity index (χ2v) is 9.58. The van der Waals surface area contributed by atoms with E-state index < -0.39 is 18.0 Å². The van der Waals surface area contributed by atoms with E-state index in [1.165, 1.54) is 28.4 Å². The van der Waals surface area contributed by atoms with Crippen LogP contribution in [-0.2, 0) is 7.05 Å². The number of amides is 1. The number of carbonyl (C=O) groups is 1. The van der Waals surface area contributed by atoms with Gasteiger partial charge >= 0.3 is 6.09 Å². The smallest absolute Gasteiger partial charge is 0.405 e. The lowest BCUT2D eigenvalue weighted by atomic mass is 9.87. The second-order valence-electron chi connectivity index (χ2n) is 9.58. The Morgan fingerprint density at radius 1 is 1.41 bits per heavy atom. The van der Waals surface area contributed by atoms with Crippen LogP contribution in [0.5, 0.6) is 5.75 Å². The number of carbonyl (C=O) groups excluding carboxylic acids is 1. The van der Waals surface area contributed by atoms with E-state index >= 15 is 0 Å². The minimum absolute atomic E-state index is 0.155. The lowest BCUT2D eigenvalue weighted by molar-refractivity contribution is 0.142. The lowest BCUT2D eigenvalue weighted by Crippen LogP contribution is -2.47. The number of aryl methyl sites for hydroxylation is 1. The van der Waals surface area contributed by atoms with Crippen LogP contribution in [-0.4, -0.2) is 49.6 Å². The molecule has 10 nitrogen and oxygen atoms in total. The van der Waals surface area contributed by atoms with Crippen molar-refractivity contribution in [2.75, 3.05) is 18.1 Å². The molecule has 0 aliphatic carbocycles. The van der Waals surface area contributed by atoms with Crippen molar-refractivity contribution in [2.24, 2.45) is 12.5 Å². The molecule has 2 N–H and O–H groups in total. The Balaban J connectivity index is 1.61. The third kappa shape index (κ3) is 4.60. The molecular weight excluding hydrogens is 443 g/mol. The van der Waals surface area contributed by atoms with E-state index in [1.807, 2.05) is 25.7 Å². The minimum Gasteiger partial charge on any atom is -0.405 e. The molecule has 3 aromatic heterocycles. The summed E-state index contributed by atoms with van der Waals surface area (Å²) in [5.74, 6) is 0.249. The van der Waals surface area contributed by atoms with Gasteiger partial charge in [0.25, 0.3) is 5.56 Å². The van der Waals surface area contributed by atoms with E-state index in [0.717, 1.165) is 12.6 Å². The predicted molar refractivity (Wildman–Crippen MR) is 123 cm³/mol. The molecule has 2 atom stereocenters. The first-order valence-electron chi connectivity index (χ1n) is 11.1. The van der Waals surface area contributed by atoms with E-state index in [9.17, 15) is 19.1 Å². The zero-order chi connectivity index (χ0) is 24.6. The minimum atomic E-state index is -0.724. The van der Waals surface area contributed by atoms with E-state index in [0.29, 0.717) is 30.0 Å². The molecule has 0 spiro atoms. The van der Waals surface area contributed by atoms with Gasteiger partial charge in [-0.15, -0.1) is 0 Å². The van der Waals surface area contributed by atoms with E-state index in [2.05, 4.69) is 15.4 Å². The number of halogens is 1. The van der Waals surface area contributed by atoms with Crippen molar-refractivity contribution >= 4 is 17.6 Å². The summed E-state index contributed by atoms with van der Waals surface area (Å²) in [5, 5.41) is 16.4. The molecule has 11 heteroatoms. The van der Waals surface area contributed by atoms with Crippen molar-refractivity contribution in [1.82, 2.24) is 24.5 Å². The van der Waals surface area contributed by atoms with Crippen LogP contribution in [0.3, 0.4) is 0 Å². The number of aliphatic hydroxyl groups excluding tert-OH is 1. The fourth-order valence-corrected chi connectivity index (χ4v) is 4.18. The van der Waals surface area contributed by atoms with Crippen LogP contribution in [0.4, 0.5) is 15.0 Å². The Bertz CT molecular complexity index is 1260. The molecule has 1 saturated heterocycles. The first-order chi connectivity index (χ1) is 16.1. The molecule has 0 bridgehead atoms. The highest BCUT2D eigenvalue weighted by molar-refractivity contribution is 5.73. The number of ether oxygens (including phenoxy) is 1. The molecule has 3 aromatic rings. The molecule has 4 rings (SSSR count). The van der Waals surface area contributed by atoms with Crippen molar-refractivity contribution in [2.45, 2.75) is 45.7 Å². The molecule has 0 aromatic carbocycles. The number of hydrogen-bond acceptors (Lipinski definition) is 7. The number of rotatable bonds is 5. The number of nitrogens with one attached hydrogen (secondary N) is 1. The van der Waals surface area contributed by atoms with Crippen LogP contribution in [0, 0.1) is 11.2 Å². The molecule has 0 saturated carbocycles. The highest BCUT2D eigenvalue weighted by Crippen LogP contribution is 2.35. The average Bonchev–Trinajstić information content (AvgIpc) is 3.41. The fourth-order valence-electron chi connectivity index (χ4n) is 4.18. The van der Waals surface area contributed by atoms with Crippen molar-refractivity contribution in [3.8, 4) is 5.75 Å². The summed E-state index contributed by atoms with van der Waals surface area (Å²) in [5.41, 5.74) is 0.0886. The summed E-state index contributed by atoms with van der Waals surface area (Å²) in [6.45, 7) is 6.11. The van der Waals surface area contributed by atoms with Gasteiger partial charge in [0, 0.05) is 31.5 Å². The zero-order valence-corrected chi connectivity index (χ0v) is 19.7. The maximum atomic E-state index is 14.0. The third-order valence-corrected chi connectivity index (χ3v) is 6.13. The Kier molecular flexibility index (Phi) is 6.30. The maximum absolute atomic E-state index is 14.0. The first-order valence-corrected chi connectivity index (χ1v) is 11.1. The van der Waals surface area contributed by atoms with Gasteiger partial charge in [0.15, 0.2) is 5.75 Å². The van der Waals surface area contributed by atoms with Gasteiger partial charge in [-0.25, -0.2) is 18.7 Å². The predicted octanol–water partition coefficient (Wildman–Crippen LogP) is 2.40. The summed E-state index contributed by atoms with van der Waals surface area (Å²) >= 11 is 0. The van der Waals surface area contributed by atoms with Crippen molar-refractivity contribution in [3.63, 3.8) is 0 Å². The van der Waals surface area contributed by atoms with Gasteiger partial charge in [-0.2, -0.15) is 5.10 Å². The van der Waals surface area contributed by atoms with Crippen LogP contribution in [0.1, 0.15) is 45.2 Å². The number of aliphatic hydroxyl groups is 1. The zero-order valence-electron chi connectivity index (χ0n) is 19.7. The molecule has 1 amide bonds. The highest BCUT2D eigenvalue weighted by Gasteiger charge is 2.31. The molecule has 0 radical (unpaired) electrons. The number of anilines is 1. The fraction of sp³-hybridized carbons (Fsp3) is 0.478. The number of aromatic nitrogens is 4.